The number of fused-ring (bicyclic) bond motifs is 1. The van der Waals surface area contributed by atoms with Crippen LogP contribution in [0.2, 0.25) is 0 Å². The Balaban J connectivity index is 1.60. The van der Waals surface area contributed by atoms with Gasteiger partial charge in [0.05, 0.1) is 23.9 Å². The number of rotatable bonds is 5. The maximum absolute atomic E-state index is 12.8. The molecule has 3 aromatic rings. The fourth-order valence-corrected chi connectivity index (χ4v) is 3.82. The Morgan fingerprint density at radius 2 is 1.97 bits per heavy atom. The number of nitrogens with zero attached hydrogens (tertiary/aromatic N) is 4. The fraction of sp³-hybridized carbons (Fsp3) is 0.391. The lowest BCUT2D eigenvalue weighted by molar-refractivity contribution is -0.122. The first-order valence-corrected chi connectivity index (χ1v) is 10.2. The number of hydrogen-bond donors (Lipinski definition) is 1. The number of benzene rings is 1. The van der Waals surface area contributed by atoms with Gasteiger partial charge in [-0.05, 0) is 19.4 Å². The molecule has 1 atom stereocenters. The van der Waals surface area contributed by atoms with Crippen molar-refractivity contribution in [2.45, 2.75) is 39.2 Å². The molecular weight excluding hydrogens is 380 g/mol. The van der Waals surface area contributed by atoms with Crippen molar-refractivity contribution in [3.63, 3.8) is 0 Å². The van der Waals surface area contributed by atoms with Crippen LogP contribution < -0.4 is 4.90 Å². The number of hydrogen-bond acceptors (Lipinski definition) is 6. The highest BCUT2D eigenvalue weighted by Gasteiger charge is 2.26. The summed E-state index contributed by atoms with van der Waals surface area (Å²) in [6, 6.07) is 10.7. The minimum atomic E-state index is -0.946. The second kappa shape index (κ2) is 7.65. The fourth-order valence-electron chi connectivity index (χ4n) is 3.82. The Morgan fingerprint density at radius 3 is 2.63 bits per heavy atom. The highest BCUT2D eigenvalue weighted by molar-refractivity contribution is 5.97. The van der Waals surface area contributed by atoms with Crippen LogP contribution in [-0.4, -0.2) is 44.4 Å². The molecule has 156 valence electrons. The third-order valence-electron chi connectivity index (χ3n) is 5.64. The topological polar surface area (TPSA) is 87.8 Å². The molecule has 2 aromatic heterocycles. The second-order valence-corrected chi connectivity index (χ2v) is 8.51. The van der Waals surface area contributed by atoms with Gasteiger partial charge in [-0.3, -0.25) is 9.59 Å². The summed E-state index contributed by atoms with van der Waals surface area (Å²) < 4.78 is 1.76. The number of piperidine rings is 1. The van der Waals surface area contributed by atoms with Crippen LogP contribution >= 0.6 is 0 Å². The van der Waals surface area contributed by atoms with E-state index in [1.54, 1.807) is 48.8 Å². The van der Waals surface area contributed by atoms with Gasteiger partial charge in [-0.25, -0.2) is 4.98 Å². The Labute approximate surface area is 175 Å². The van der Waals surface area contributed by atoms with Gasteiger partial charge in [-0.1, -0.05) is 31.2 Å². The molecule has 7 nitrogen and oxygen atoms in total. The lowest BCUT2D eigenvalue weighted by Crippen LogP contribution is -2.40. The van der Waals surface area contributed by atoms with E-state index in [0.29, 0.717) is 36.4 Å². The molecule has 0 spiro atoms. The molecule has 0 bridgehead atoms. The third-order valence-corrected chi connectivity index (χ3v) is 5.64. The van der Waals surface area contributed by atoms with Crippen LogP contribution in [-0.2, 0) is 16.8 Å². The highest BCUT2D eigenvalue weighted by Crippen LogP contribution is 2.24. The number of carbonyl (C=O) groups excluding carboxylic acids is 2. The molecule has 1 unspecified atom stereocenters. The summed E-state index contributed by atoms with van der Waals surface area (Å²) in [5.74, 6) is 1.06. The smallest absolute Gasteiger partial charge is 0.168 e. The third kappa shape index (κ3) is 3.98. The number of ketones is 2. The number of aliphatic hydroxyl groups is 1. The first-order chi connectivity index (χ1) is 14.2. The van der Waals surface area contributed by atoms with Crippen LogP contribution in [0.1, 0.15) is 48.8 Å². The molecule has 1 N–H and O–H groups in total. The zero-order chi connectivity index (χ0) is 21.5. The largest absolute Gasteiger partial charge is 0.386 e. The molecule has 1 aromatic carbocycles. The molecule has 1 fully saturated rings. The predicted molar refractivity (Wildman–Crippen MR) is 114 cm³/mol. The Morgan fingerprint density at radius 1 is 1.23 bits per heavy atom. The summed E-state index contributed by atoms with van der Waals surface area (Å²) in [4.78, 5) is 31.5. The minimum Gasteiger partial charge on any atom is -0.386 e. The molecular formula is C23H26N4O3. The Bertz CT molecular complexity index is 1100. The molecule has 30 heavy (non-hydrogen) atoms. The average molecular weight is 406 g/mol. The summed E-state index contributed by atoms with van der Waals surface area (Å²) in [7, 11) is 0. The maximum atomic E-state index is 12.8. The quantitative estimate of drug-likeness (QED) is 0.656. The van der Waals surface area contributed by atoms with Gasteiger partial charge in [-0.15, -0.1) is 0 Å². The SMILES string of the molecule is CC1CN(c2cc(CC(=O)c3ccc(C(C)(C)O)cc3)nc3ccnn23)CCC1=O. The summed E-state index contributed by atoms with van der Waals surface area (Å²) in [6.07, 6.45) is 2.36. The molecule has 1 aliphatic rings. The van der Waals surface area contributed by atoms with Crippen molar-refractivity contribution in [3.8, 4) is 0 Å². The van der Waals surface area contributed by atoms with Gasteiger partial charge in [0, 0.05) is 43.1 Å². The van der Waals surface area contributed by atoms with Crippen LogP contribution in [0.5, 0.6) is 0 Å². The number of aromatic nitrogens is 3. The summed E-state index contributed by atoms with van der Waals surface area (Å²) >= 11 is 0. The van der Waals surface area contributed by atoms with Crippen molar-refractivity contribution in [1.82, 2.24) is 14.6 Å². The van der Waals surface area contributed by atoms with Gasteiger partial charge in [-0.2, -0.15) is 9.61 Å². The lowest BCUT2D eigenvalue weighted by atomic mass is 9.96. The van der Waals surface area contributed by atoms with Gasteiger partial charge in [0.1, 0.15) is 11.6 Å². The molecule has 0 aliphatic carbocycles. The molecule has 1 saturated heterocycles. The van der Waals surface area contributed by atoms with Crippen LogP contribution in [0, 0.1) is 5.92 Å². The standard InChI is InChI=1S/C23H26N4O3/c1-15-14-26(11-9-19(15)28)22-13-18(25-21-8-10-24-27(21)22)12-20(29)16-4-6-17(7-5-16)23(2,3)30/h4-8,10,13,15,30H,9,11-12,14H2,1-3H3. The summed E-state index contributed by atoms with van der Waals surface area (Å²) in [6.45, 7) is 6.63. The van der Waals surface area contributed by atoms with E-state index in [9.17, 15) is 14.7 Å². The number of Topliss-reactive ketones (excluding diaryl/α,β-unsaturated/α-hetero) is 2. The Hall–Kier alpha value is -3.06. The second-order valence-electron chi connectivity index (χ2n) is 8.51. The van der Waals surface area contributed by atoms with E-state index < -0.39 is 5.60 Å². The molecule has 4 rings (SSSR count). The van der Waals surface area contributed by atoms with E-state index in [1.165, 1.54) is 0 Å². The maximum Gasteiger partial charge on any atom is 0.168 e. The van der Waals surface area contributed by atoms with Crippen molar-refractivity contribution in [3.05, 3.63) is 59.4 Å². The van der Waals surface area contributed by atoms with Gasteiger partial charge >= 0.3 is 0 Å². The molecule has 0 amide bonds. The van der Waals surface area contributed by atoms with E-state index in [-0.39, 0.29) is 23.9 Å². The number of anilines is 1. The van der Waals surface area contributed by atoms with Crippen LogP contribution in [0.25, 0.3) is 5.65 Å². The van der Waals surface area contributed by atoms with E-state index in [2.05, 4.69) is 15.0 Å². The molecule has 3 heterocycles. The molecule has 0 saturated carbocycles. The summed E-state index contributed by atoms with van der Waals surface area (Å²) in [5.41, 5.74) is 1.74. The van der Waals surface area contributed by atoms with Gasteiger partial charge in [0.2, 0.25) is 0 Å². The van der Waals surface area contributed by atoms with Crippen molar-refractivity contribution in [2.75, 3.05) is 18.0 Å². The van der Waals surface area contributed by atoms with Crippen molar-refractivity contribution in [2.24, 2.45) is 5.92 Å². The molecule has 7 heteroatoms. The van der Waals surface area contributed by atoms with Crippen molar-refractivity contribution < 1.29 is 14.7 Å². The van der Waals surface area contributed by atoms with Crippen molar-refractivity contribution >= 4 is 23.0 Å². The van der Waals surface area contributed by atoms with E-state index in [4.69, 9.17) is 0 Å². The predicted octanol–water partition coefficient (Wildman–Crippen LogP) is 2.80. The van der Waals surface area contributed by atoms with Crippen LogP contribution in [0.4, 0.5) is 5.82 Å². The summed E-state index contributed by atoms with van der Waals surface area (Å²) in [5, 5.41) is 14.5. The van der Waals surface area contributed by atoms with Gasteiger partial charge < -0.3 is 10.0 Å². The van der Waals surface area contributed by atoms with Crippen LogP contribution in [0.3, 0.4) is 0 Å². The highest BCUT2D eigenvalue weighted by atomic mass is 16.3. The van der Waals surface area contributed by atoms with E-state index >= 15 is 0 Å². The normalized spacial score (nSPS) is 17.5. The van der Waals surface area contributed by atoms with Gasteiger partial charge in [0.15, 0.2) is 11.4 Å². The zero-order valence-corrected chi connectivity index (χ0v) is 17.5. The van der Waals surface area contributed by atoms with Gasteiger partial charge in [0.25, 0.3) is 0 Å². The monoisotopic (exact) mass is 406 g/mol. The average Bonchev–Trinajstić information content (AvgIpc) is 3.17. The van der Waals surface area contributed by atoms with Crippen LogP contribution in [0.15, 0.2) is 42.6 Å². The number of carbonyl (C=O) groups is 2. The zero-order valence-electron chi connectivity index (χ0n) is 17.5. The van der Waals surface area contributed by atoms with E-state index in [0.717, 1.165) is 11.4 Å². The first-order valence-electron chi connectivity index (χ1n) is 10.2. The Kier molecular flexibility index (Phi) is 5.15. The molecule has 0 radical (unpaired) electrons. The molecule has 1 aliphatic heterocycles. The lowest BCUT2D eigenvalue weighted by Gasteiger charge is -2.32. The minimum absolute atomic E-state index is 0.0306. The van der Waals surface area contributed by atoms with E-state index in [1.807, 2.05) is 19.1 Å². The van der Waals surface area contributed by atoms with Crippen molar-refractivity contribution in [1.29, 1.82) is 0 Å². The first kappa shape index (κ1) is 20.2.